The van der Waals surface area contributed by atoms with Crippen molar-refractivity contribution in [2.45, 2.75) is 39.3 Å². The molecule has 2 heterocycles. The molecule has 1 aromatic carbocycles. The molecule has 0 saturated carbocycles. The summed E-state index contributed by atoms with van der Waals surface area (Å²) in [6.45, 7) is 5.46. The summed E-state index contributed by atoms with van der Waals surface area (Å²) in [7, 11) is 0. The maximum absolute atomic E-state index is 12.3. The SMILES string of the molecule is CCOc1cc2c(cc1CNC(=O)c1csc(CCN)n1)OC(C)C2.Cl. The van der Waals surface area contributed by atoms with Crippen LogP contribution >= 0.6 is 23.7 Å². The second-order valence-electron chi connectivity index (χ2n) is 5.98. The van der Waals surface area contributed by atoms with Crippen LogP contribution in [0.25, 0.3) is 0 Å². The van der Waals surface area contributed by atoms with Crippen LogP contribution in [0.5, 0.6) is 11.5 Å². The Morgan fingerprint density at radius 1 is 1.50 bits per heavy atom. The Bertz CT molecular complexity index is 766. The molecule has 0 aliphatic carbocycles. The highest BCUT2D eigenvalue weighted by Crippen LogP contribution is 2.35. The minimum absolute atomic E-state index is 0. The summed E-state index contributed by atoms with van der Waals surface area (Å²) in [4.78, 5) is 16.6. The fourth-order valence-corrected chi connectivity index (χ4v) is 3.62. The van der Waals surface area contributed by atoms with E-state index in [1.54, 1.807) is 5.38 Å². The quantitative estimate of drug-likeness (QED) is 0.750. The number of halogens is 1. The zero-order valence-electron chi connectivity index (χ0n) is 14.9. The summed E-state index contributed by atoms with van der Waals surface area (Å²) in [5.41, 5.74) is 8.00. The van der Waals surface area contributed by atoms with Crippen LogP contribution < -0.4 is 20.5 Å². The van der Waals surface area contributed by atoms with E-state index in [4.69, 9.17) is 15.2 Å². The van der Waals surface area contributed by atoms with Crippen LogP contribution in [-0.4, -0.2) is 30.1 Å². The topological polar surface area (TPSA) is 86.5 Å². The maximum atomic E-state index is 12.3. The highest BCUT2D eigenvalue weighted by molar-refractivity contribution is 7.09. The molecular weight excluding hydrogens is 374 g/mol. The molecule has 142 valence electrons. The van der Waals surface area contributed by atoms with Crippen molar-refractivity contribution in [1.82, 2.24) is 10.3 Å². The summed E-state index contributed by atoms with van der Waals surface area (Å²) < 4.78 is 11.5. The predicted octanol–water partition coefficient (Wildman–Crippen LogP) is 2.72. The van der Waals surface area contributed by atoms with Crippen LogP contribution in [0.3, 0.4) is 0 Å². The molecule has 0 saturated heterocycles. The van der Waals surface area contributed by atoms with E-state index in [1.807, 2.05) is 26.0 Å². The fraction of sp³-hybridized carbons (Fsp3) is 0.444. The summed E-state index contributed by atoms with van der Waals surface area (Å²) in [5, 5.41) is 5.55. The smallest absolute Gasteiger partial charge is 0.271 e. The second-order valence-corrected chi connectivity index (χ2v) is 6.92. The molecule has 26 heavy (non-hydrogen) atoms. The van der Waals surface area contributed by atoms with Crippen molar-refractivity contribution in [1.29, 1.82) is 0 Å². The van der Waals surface area contributed by atoms with Crippen molar-refractivity contribution in [2.24, 2.45) is 5.73 Å². The van der Waals surface area contributed by atoms with Gasteiger partial charge in [-0.05, 0) is 32.5 Å². The number of carbonyl (C=O) groups excluding carboxylic acids is 1. The Kier molecular flexibility index (Phi) is 7.25. The van der Waals surface area contributed by atoms with Gasteiger partial charge >= 0.3 is 0 Å². The fourth-order valence-electron chi connectivity index (χ4n) is 2.83. The third-order valence-electron chi connectivity index (χ3n) is 3.96. The number of rotatable bonds is 7. The number of aromatic nitrogens is 1. The molecule has 1 amide bonds. The number of nitrogens with zero attached hydrogens (tertiary/aromatic N) is 1. The first kappa shape index (κ1) is 20.5. The van der Waals surface area contributed by atoms with E-state index in [2.05, 4.69) is 10.3 Å². The Labute approximate surface area is 163 Å². The largest absolute Gasteiger partial charge is 0.494 e. The molecule has 0 spiro atoms. The first-order valence-corrected chi connectivity index (χ1v) is 9.36. The molecule has 2 aromatic rings. The van der Waals surface area contributed by atoms with E-state index < -0.39 is 0 Å². The normalized spacial score (nSPS) is 15.0. The van der Waals surface area contributed by atoms with Crippen molar-refractivity contribution < 1.29 is 14.3 Å². The number of thiazole rings is 1. The summed E-state index contributed by atoms with van der Waals surface area (Å²) in [6, 6.07) is 3.98. The van der Waals surface area contributed by atoms with Gasteiger partial charge in [0, 0.05) is 35.9 Å². The third kappa shape index (κ3) is 4.66. The maximum Gasteiger partial charge on any atom is 0.271 e. The Morgan fingerprint density at radius 3 is 3.04 bits per heavy atom. The number of ether oxygens (including phenoxy) is 2. The lowest BCUT2D eigenvalue weighted by Gasteiger charge is -2.13. The van der Waals surface area contributed by atoms with Gasteiger partial charge in [-0.25, -0.2) is 4.98 Å². The van der Waals surface area contributed by atoms with Crippen LogP contribution in [0.15, 0.2) is 17.5 Å². The molecule has 6 nitrogen and oxygen atoms in total. The molecular formula is C18H24ClN3O3S. The van der Waals surface area contributed by atoms with Crippen molar-refractivity contribution in [3.8, 4) is 11.5 Å². The van der Waals surface area contributed by atoms with E-state index in [0.717, 1.165) is 34.1 Å². The molecule has 8 heteroatoms. The van der Waals surface area contributed by atoms with E-state index in [-0.39, 0.29) is 24.4 Å². The van der Waals surface area contributed by atoms with E-state index in [0.29, 0.717) is 31.8 Å². The molecule has 1 aliphatic heterocycles. The van der Waals surface area contributed by atoms with Crippen LogP contribution in [0.4, 0.5) is 0 Å². The molecule has 0 bridgehead atoms. The zero-order valence-corrected chi connectivity index (χ0v) is 16.5. The molecule has 3 N–H and O–H groups in total. The monoisotopic (exact) mass is 397 g/mol. The van der Waals surface area contributed by atoms with Gasteiger partial charge in [-0.15, -0.1) is 23.7 Å². The molecule has 1 aromatic heterocycles. The van der Waals surface area contributed by atoms with Crippen molar-refractivity contribution in [3.63, 3.8) is 0 Å². The number of benzene rings is 1. The standard InChI is InChI=1S/C18H23N3O3S.ClH/c1-3-23-15-7-12-6-11(2)24-16(12)8-13(15)9-20-18(22)14-10-25-17(21-14)4-5-19;/h7-8,10-11H,3-6,9,19H2,1-2H3,(H,20,22);1H. The van der Waals surface area contributed by atoms with Gasteiger partial charge in [0.15, 0.2) is 0 Å². The number of nitrogens with one attached hydrogen (secondary N) is 1. The third-order valence-corrected chi connectivity index (χ3v) is 4.87. The first-order valence-electron chi connectivity index (χ1n) is 8.48. The highest BCUT2D eigenvalue weighted by Gasteiger charge is 2.22. The summed E-state index contributed by atoms with van der Waals surface area (Å²) in [6.07, 6.45) is 1.74. The lowest BCUT2D eigenvalue weighted by Crippen LogP contribution is -2.23. The van der Waals surface area contributed by atoms with Crippen molar-refractivity contribution in [3.05, 3.63) is 39.3 Å². The molecule has 1 atom stereocenters. The van der Waals surface area contributed by atoms with Crippen LogP contribution in [0, 0.1) is 0 Å². The van der Waals surface area contributed by atoms with Crippen LogP contribution in [0.2, 0.25) is 0 Å². The van der Waals surface area contributed by atoms with Gasteiger partial charge in [0.1, 0.15) is 23.3 Å². The van der Waals surface area contributed by atoms with Gasteiger partial charge in [-0.2, -0.15) is 0 Å². The average molecular weight is 398 g/mol. The molecule has 0 radical (unpaired) electrons. The Morgan fingerprint density at radius 2 is 2.31 bits per heavy atom. The molecule has 1 aliphatic rings. The number of carbonyl (C=O) groups is 1. The number of hydrogen-bond donors (Lipinski definition) is 2. The van der Waals surface area contributed by atoms with Gasteiger partial charge in [0.05, 0.1) is 11.6 Å². The van der Waals surface area contributed by atoms with Crippen molar-refractivity contribution >= 4 is 29.7 Å². The highest BCUT2D eigenvalue weighted by atomic mass is 35.5. The number of nitrogens with two attached hydrogens (primary N) is 1. The van der Waals surface area contributed by atoms with Gasteiger partial charge < -0.3 is 20.5 Å². The molecule has 0 fully saturated rings. The van der Waals surface area contributed by atoms with Crippen molar-refractivity contribution in [2.75, 3.05) is 13.2 Å². The Balaban J connectivity index is 0.00000243. The lowest BCUT2D eigenvalue weighted by molar-refractivity contribution is 0.0946. The van der Waals surface area contributed by atoms with Crippen LogP contribution in [0.1, 0.15) is 40.5 Å². The van der Waals surface area contributed by atoms with Gasteiger partial charge in [0.25, 0.3) is 5.91 Å². The van der Waals surface area contributed by atoms with E-state index >= 15 is 0 Å². The zero-order chi connectivity index (χ0) is 17.8. The Hall–Kier alpha value is -1.83. The number of amides is 1. The van der Waals surface area contributed by atoms with Gasteiger partial charge in [-0.1, -0.05) is 0 Å². The summed E-state index contributed by atoms with van der Waals surface area (Å²) in [5.74, 6) is 1.47. The number of fused-ring (bicyclic) bond motifs is 1. The summed E-state index contributed by atoms with van der Waals surface area (Å²) >= 11 is 1.46. The van der Waals surface area contributed by atoms with Crippen LogP contribution in [-0.2, 0) is 19.4 Å². The first-order chi connectivity index (χ1) is 12.1. The average Bonchev–Trinajstić information content (AvgIpc) is 3.18. The van der Waals surface area contributed by atoms with E-state index in [1.165, 1.54) is 11.3 Å². The predicted molar refractivity (Wildman–Crippen MR) is 105 cm³/mol. The van der Waals surface area contributed by atoms with E-state index in [9.17, 15) is 4.79 Å². The molecule has 1 unspecified atom stereocenters. The van der Waals surface area contributed by atoms with Gasteiger partial charge in [-0.3, -0.25) is 4.79 Å². The second kappa shape index (κ2) is 9.21. The van der Waals surface area contributed by atoms with Gasteiger partial charge in [0.2, 0.25) is 0 Å². The minimum atomic E-state index is -0.197. The molecule has 3 rings (SSSR count). The lowest BCUT2D eigenvalue weighted by atomic mass is 10.1. The number of hydrogen-bond acceptors (Lipinski definition) is 6. The minimum Gasteiger partial charge on any atom is -0.494 e.